The normalized spacial score (nSPS) is 27.7. The molecule has 1 aliphatic carbocycles. The van der Waals surface area contributed by atoms with Gasteiger partial charge in [-0.2, -0.15) is 26.3 Å². The first-order chi connectivity index (χ1) is 10.7. The van der Waals surface area contributed by atoms with Crippen LogP contribution in [0.1, 0.15) is 52.9 Å². The van der Waals surface area contributed by atoms with Gasteiger partial charge in [-0.3, -0.25) is 4.79 Å². The maximum atomic E-state index is 12.9. The van der Waals surface area contributed by atoms with Crippen molar-refractivity contribution >= 4 is 5.97 Å². The van der Waals surface area contributed by atoms with E-state index in [9.17, 15) is 36.2 Å². The molecule has 0 heterocycles. The Morgan fingerprint density at radius 2 is 1.58 bits per heavy atom. The van der Waals surface area contributed by atoms with Gasteiger partial charge in [-0.15, -0.1) is 0 Å². The summed E-state index contributed by atoms with van der Waals surface area (Å²) >= 11 is 0. The second kappa shape index (κ2) is 6.72. The van der Waals surface area contributed by atoms with Crippen LogP contribution >= 0.6 is 0 Å². The number of hydrogen-bond donors (Lipinski definition) is 1. The van der Waals surface area contributed by atoms with Gasteiger partial charge < -0.3 is 9.84 Å². The number of esters is 1. The molecule has 0 aromatic carbocycles. The van der Waals surface area contributed by atoms with Gasteiger partial charge in [0.05, 0.1) is 5.92 Å². The molecule has 1 aliphatic rings. The third-order valence-electron chi connectivity index (χ3n) is 4.86. The first kappa shape index (κ1) is 21.1. The number of halogens is 6. The molecule has 1 fully saturated rings. The van der Waals surface area contributed by atoms with E-state index in [4.69, 9.17) is 4.74 Å². The van der Waals surface area contributed by atoms with Crippen molar-refractivity contribution in [1.82, 2.24) is 0 Å². The van der Waals surface area contributed by atoms with Gasteiger partial charge in [0.15, 0.2) is 0 Å². The van der Waals surface area contributed by atoms with Crippen LogP contribution in [0.3, 0.4) is 0 Å². The summed E-state index contributed by atoms with van der Waals surface area (Å²) in [4.78, 5) is 11.8. The van der Waals surface area contributed by atoms with Crippen LogP contribution in [0.4, 0.5) is 26.3 Å². The average Bonchev–Trinajstić information content (AvgIpc) is 2.43. The number of carbonyl (C=O) groups excluding carboxylic acids is 1. The van der Waals surface area contributed by atoms with E-state index in [2.05, 4.69) is 0 Å². The number of carbonyl (C=O) groups is 1. The van der Waals surface area contributed by atoms with E-state index in [-0.39, 0.29) is 12.8 Å². The van der Waals surface area contributed by atoms with Crippen molar-refractivity contribution in [2.75, 3.05) is 0 Å². The fourth-order valence-corrected chi connectivity index (χ4v) is 2.88. The van der Waals surface area contributed by atoms with Gasteiger partial charge in [-0.1, -0.05) is 13.8 Å². The standard InChI is InChI=1S/C15H22F6O3/c1-4-9(2)11(22)24-12(3)7-5-10(6-8-12)13(23,14(16,17)18)15(19,20)21/h9-10,23H,4-8H2,1-3H3. The van der Waals surface area contributed by atoms with Crippen molar-refractivity contribution in [2.45, 2.75) is 76.4 Å². The molecule has 0 saturated heterocycles. The largest absolute Gasteiger partial charge is 0.459 e. The summed E-state index contributed by atoms with van der Waals surface area (Å²) in [5.41, 5.74) is -5.86. The van der Waals surface area contributed by atoms with Crippen LogP contribution in [0, 0.1) is 11.8 Å². The fourth-order valence-electron chi connectivity index (χ4n) is 2.88. The maximum absolute atomic E-state index is 12.9. The molecule has 9 heteroatoms. The van der Waals surface area contributed by atoms with Crippen LogP contribution in [0.2, 0.25) is 0 Å². The van der Waals surface area contributed by atoms with Gasteiger partial charge in [0.1, 0.15) is 5.60 Å². The van der Waals surface area contributed by atoms with Crippen LogP contribution in [-0.4, -0.2) is 34.6 Å². The molecule has 1 rings (SSSR count). The fraction of sp³-hybridized carbons (Fsp3) is 0.933. The van der Waals surface area contributed by atoms with Crippen molar-refractivity contribution in [3.8, 4) is 0 Å². The van der Waals surface area contributed by atoms with Gasteiger partial charge in [-0.05, 0) is 39.0 Å². The molecule has 0 amide bonds. The lowest BCUT2D eigenvalue weighted by Gasteiger charge is -2.44. The minimum Gasteiger partial charge on any atom is -0.459 e. The predicted octanol–water partition coefficient (Wildman–Crippen LogP) is 4.38. The molecule has 142 valence electrons. The lowest BCUT2D eigenvalue weighted by Crippen LogP contribution is -2.62. The molecule has 1 saturated carbocycles. The molecule has 0 aromatic heterocycles. The number of aliphatic hydroxyl groups is 1. The number of ether oxygens (including phenoxy) is 1. The Balaban J connectivity index is 2.88. The molecular weight excluding hydrogens is 342 g/mol. The van der Waals surface area contributed by atoms with Crippen molar-refractivity contribution in [3.05, 3.63) is 0 Å². The second-order valence-electron chi connectivity index (χ2n) is 6.72. The second-order valence-corrected chi connectivity index (χ2v) is 6.72. The first-order valence-electron chi connectivity index (χ1n) is 7.76. The third-order valence-corrected chi connectivity index (χ3v) is 4.86. The smallest absolute Gasteiger partial charge is 0.426 e. The summed E-state index contributed by atoms with van der Waals surface area (Å²) in [7, 11) is 0. The molecule has 0 radical (unpaired) electrons. The van der Waals surface area contributed by atoms with Crippen molar-refractivity contribution in [1.29, 1.82) is 0 Å². The van der Waals surface area contributed by atoms with Gasteiger partial charge in [0.25, 0.3) is 5.60 Å². The van der Waals surface area contributed by atoms with Crippen LogP contribution in [0.5, 0.6) is 0 Å². The predicted molar refractivity (Wildman–Crippen MR) is 73.0 cm³/mol. The van der Waals surface area contributed by atoms with E-state index in [0.717, 1.165) is 0 Å². The highest BCUT2D eigenvalue weighted by atomic mass is 19.4. The van der Waals surface area contributed by atoms with Crippen LogP contribution in [0.25, 0.3) is 0 Å². The summed E-state index contributed by atoms with van der Waals surface area (Å²) < 4.78 is 82.6. The molecule has 3 nitrogen and oxygen atoms in total. The first-order valence-corrected chi connectivity index (χ1v) is 7.76. The Morgan fingerprint density at radius 1 is 1.17 bits per heavy atom. The topological polar surface area (TPSA) is 46.5 Å². The highest BCUT2D eigenvalue weighted by Gasteiger charge is 2.73. The van der Waals surface area contributed by atoms with E-state index < -0.39 is 54.2 Å². The minimum atomic E-state index is -5.82. The summed E-state index contributed by atoms with van der Waals surface area (Å²) in [5.74, 6) is -2.95. The lowest BCUT2D eigenvalue weighted by atomic mass is 9.71. The van der Waals surface area contributed by atoms with E-state index in [0.29, 0.717) is 6.42 Å². The zero-order valence-corrected chi connectivity index (χ0v) is 13.7. The zero-order chi connectivity index (χ0) is 19.0. The van der Waals surface area contributed by atoms with Crippen LogP contribution in [0.15, 0.2) is 0 Å². The highest BCUT2D eigenvalue weighted by molar-refractivity contribution is 5.72. The zero-order valence-electron chi connectivity index (χ0n) is 13.7. The molecule has 0 spiro atoms. The van der Waals surface area contributed by atoms with Gasteiger partial charge in [0.2, 0.25) is 0 Å². The van der Waals surface area contributed by atoms with E-state index in [1.807, 2.05) is 0 Å². The van der Waals surface area contributed by atoms with Gasteiger partial charge in [-0.25, -0.2) is 0 Å². The van der Waals surface area contributed by atoms with Crippen LogP contribution in [-0.2, 0) is 9.53 Å². The van der Waals surface area contributed by atoms with Crippen molar-refractivity contribution in [2.24, 2.45) is 11.8 Å². The van der Waals surface area contributed by atoms with Gasteiger partial charge >= 0.3 is 18.3 Å². The van der Waals surface area contributed by atoms with E-state index in [1.54, 1.807) is 13.8 Å². The molecule has 0 aromatic rings. The molecule has 0 aliphatic heterocycles. The van der Waals surface area contributed by atoms with E-state index >= 15 is 0 Å². The Morgan fingerprint density at radius 3 is 1.92 bits per heavy atom. The molecule has 0 bridgehead atoms. The van der Waals surface area contributed by atoms with Crippen LogP contribution < -0.4 is 0 Å². The Bertz CT molecular complexity index is 435. The lowest BCUT2D eigenvalue weighted by molar-refractivity contribution is -0.388. The number of hydrogen-bond acceptors (Lipinski definition) is 3. The third kappa shape index (κ3) is 3.97. The quantitative estimate of drug-likeness (QED) is 0.595. The summed E-state index contributed by atoms with van der Waals surface area (Å²) in [6, 6.07) is 0. The molecule has 1 unspecified atom stereocenters. The minimum absolute atomic E-state index is 0.172. The summed E-state index contributed by atoms with van der Waals surface area (Å²) in [5, 5.41) is 9.43. The molecule has 24 heavy (non-hydrogen) atoms. The summed E-state index contributed by atoms with van der Waals surface area (Å²) in [6.45, 7) is 4.88. The number of alkyl halides is 6. The number of rotatable bonds is 4. The Hall–Kier alpha value is -0.990. The van der Waals surface area contributed by atoms with Gasteiger partial charge in [0, 0.05) is 5.92 Å². The Kier molecular flexibility index (Phi) is 5.90. The molecule has 1 atom stereocenters. The highest BCUT2D eigenvalue weighted by Crippen LogP contribution is 2.53. The van der Waals surface area contributed by atoms with E-state index in [1.165, 1.54) is 6.92 Å². The monoisotopic (exact) mass is 364 g/mol. The molecule has 1 N–H and O–H groups in total. The molecular formula is C15H22F6O3. The van der Waals surface area contributed by atoms with Crippen molar-refractivity contribution < 1.29 is 41.0 Å². The summed E-state index contributed by atoms with van der Waals surface area (Å²) in [6.07, 6.45) is -12.6. The SMILES string of the molecule is CCC(C)C(=O)OC1(C)CCC(C(O)(C(F)(F)F)C(F)(F)F)CC1. The maximum Gasteiger partial charge on any atom is 0.426 e. The average molecular weight is 364 g/mol. The van der Waals surface area contributed by atoms with Crippen molar-refractivity contribution in [3.63, 3.8) is 0 Å². The Labute approximate surface area is 136 Å².